The van der Waals surface area contributed by atoms with Crippen molar-refractivity contribution in [2.24, 2.45) is 0 Å². The van der Waals surface area contributed by atoms with Crippen molar-refractivity contribution in [3.8, 4) is 11.1 Å². The lowest BCUT2D eigenvalue weighted by Gasteiger charge is -2.18. The standard InChI is InChI=1S/C16H14ClN3OS/c17-16-18-14(20-7-6-11(21)8-20)13-12(9-22-15(13)19-16)10-4-2-1-3-5-10/h1-5,9,11,21H,6-8H2. The van der Waals surface area contributed by atoms with Crippen LogP contribution in [0.4, 0.5) is 5.82 Å². The predicted octanol–water partition coefficient (Wildman–Crippen LogP) is 3.58. The number of fused-ring (bicyclic) bond motifs is 1. The van der Waals surface area contributed by atoms with Crippen molar-refractivity contribution in [1.82, 2.24) is 9.97 Å². The Hall–Kier alpha value is -1.69. The van der Waals surface area contributed by atoms with Gasteiger partial charge in [-0.1, -0.05) is 30.3 Å². The zero-order valence-electron chi connectivity index (χ0n) is 11.7. The molecule has 2 aromatic heterocycles. The summed E-state index contributed by atoms with van der Waals surface area (Å²) in [6.45, 7) is 1.38. The normalized spacial score (nSPS) is 18.3. The molecule has 0 saturated carbocycles. The average molecular weight is 332 g/mol. The van der Waals surface area contributed by atoms with Crippen LogP contribution in [-0.4, -0.2) is 34.3 Å². The number of hydrogen-bond donors (Lipinski definition) is 1. The van der Waals surface area contributed by atoms with E-state index in [1.807, 2.05) is 18.2 Å². The monoisotopic (exact) mass is 331 g/mol. The predicted molar refractivity (Wildman–Crippen MR) is 90.7 cm³/mol. The summed E-state index contributed by atoms with van der Waals surface area (Å²) in [6, 6.07) is 10.2. The molecule has 4 rings (SSSR count). The molecule has 0 bridgehead atoms. The van der Waals surface area contributed by atoms with Crippen LogP contribution < -0.4 is 4.90 Å². The first-order chi connectivity index (χ1) is 10.7. The minimum atomic E-state index is -0.303. The molecule has 6 heteroatoms. The van der Waals surface area contributed by atoms with Gasteiger partial charge in [-0.15, -0.1) is 11.3 Å². The van der Waals surface area contributed by atoms with Crippen LogP contribution in [0.5, 0.6) is 0 Å². The fourth-order valence-electron chi connectivity index (χ4n) is 2.89. The number of benzene rings is 1. The molecule has 0 spiro atoms. The second-order valence-electron chi connectivity index (χ2n) is 5.40. The van der Waals surface area contributed by atoms with Crippen molar-refractivity contribution >= 4 is 39.0 Å². The molecule has 1 N–H and O–H groups in total. The first-order valence-corrected chi connectivity index (χ1v) is 8.41. The van der Waals surface area contributed by atoms with Crippen molar-refractivity contribution < 1.29 is 5.11 Å². The van der Waals surface area contributed by atoms with Crippen molar-refractivity contribution in [3.05, 3.63) is 41.0 Å². The highest BCUT2D eigenvalue weighted by atomic mass is 35.5. The van der Waals surface area contributed by atoms with Gasteiger partial charge >= 0.3 is 0 Å². The van der Waals surface area contributed by atoms with Crippen molar-refractivity contribution in [2.45, 2.75) is 12.5 Å². The van der Waals surface area contributed by atoms with E-state index in [9.17, 15) is 5.11 Å². The maximum Gasteiger partial charge on any atom is 0.225 e. The van der Waals surface area contributed by atoms with Gasteiger partial charge < -0.3 is 10.0 Å². The summed E-state index contributed by atoms with van der Waals surface area (Å²) in [5.41, 5.74) is 2.26. The maximum absolute atomic E-state index is 9.82. The molecule has 112 valence electrons. The minimum absolute atomic E-state index is 0.255. The third-order valence-electron chi connectivity index (χ3n) is 3.93. The molecule has 0 radical (unpaired) electrons. The molecular weight excluding hydrogens is 318 g/mol. The molecule has 4 nitrogen and oxygen atoms in total. The number of anilines is 1. The van der Waals surface area contributed by atoms with E-state index in [1.165, 1.54) is 0 Å². The maximum atomic E-state index is 9.82. The number of nitrogens with zero attached hydrogens (tertiary/aromatic N) is 3. The van der Waals surface area contributed by atoms with Gasteiger partial charge in [0.05, 0.1) is 11.5 Å². The lowest BCUT2D eigenvalue weighted by Crippen LogP contribution is -2.22. The number of hydrogen-bond acceptors (Lipinski definition) is 5. The molecule has 1 aliphatic heterocycles. The number of aliphatic hydroxyl groups is 1. The van der Waals surface area contributed by atoms with Crippen LogP contribution in [0.15, 0.2) is 35.7 Å². The molecule has 1 aliphatic rings. The van der Waals surface area contributed by atoms with E-state index in [0.717, 1.165) is 40.1 Å². The topological polar surface area (TPSA) is 49.2 Å². The molecule has 1 aromatic carbocycles. The molecule has 1 saturated heterocycles. The second kappa shape index (κ2) is 5.50. The minimum Gasteiger partial charge on any atom is -0.391 e. The molecule has 1 unspecified atom stereocenters. The second-order valence-corrected chi connectivity index (χ2v) is 6.60. The molecule has 0 amide bonds. The van der Waals surface area contributed by atoms with Crippen LogP contribution in [0, 0.1) is 0 Å². The zero-order chi connectivity index (χ0) is 15.1. The summed E-state index contributed by atoms with van der Waals surface area (Å²) in [7, 11) is 0. The van der Waals surface area contributed by atoms with E-state index in [-0.39, 0.29) is 11.4 Å². The van der Waals surface area contributed by atoms with Gasteiger partial charge in [-0.25, -0.2) is 4.98 Å². The Morgan fingerprint density at radius 1 is 1.23 bits per heavy atom. The summed E-state index contributed by atoms with van der Waals surface area (Å²) in [6.07, 6.45) is 0.455. The smallest absolute Gasteiger partial charge is 0.225 e. The van der Waals surface area contributed by atoms with Crippen LogP contribution in [0.25, 0.3) is 21.3 Å². The summed E-state index contributed by atoms with van der Waals surface area (Å²) < 4.78 is 0. The summed E-state index contributed by atoms with van der Waals surface area (Å²) in [5, 5.41) is 13.2. The zero-order valence-corrected chi connectivity index (χ0v) is 13.3. The van der Waals surface area contributed by atoms with Gasteiger partial charge in [0.15, 0.2) is 0 Å². The van der Waals surface area contributed by atoms with Crippen LogP contribution in [0.1, 0.15) is 6.42 Å². The van der Waals surface area contributed by atoms with Crippen LogP contribution >= 0.6 is 22.9 Å². The van der Waals surface area contributed by atoms with Gasteiger partial charge in [-0.3, -0.25) is 0 Å². The summed E-state index contributed by atoms with van der Waals surface area (Å²) >= 11 is 7.66. The lowest BCUT2D eigenvalue weighted by atomic mass is 10.1. The Morgan fingerprint density at radius 3 is 2.77 bits per heavy atom. The molecule has 0 aliphatic carbocycles. The Labute approximate surface area is 137 Å². The van der Waals surface area contributed by atoms with Gasteiger partial charge in [-0.2, -0.15) is 4.98 Å². The quantitative estimate of drug-likeness (QED) is 0.729. The highest BCUT2D eigenvalue weighted by Crippen LogP contribution is 2.39. The van der Waals surface area contributed by atoms with Gasteiger partial charge in [0.1, 0.15) is 10.6 Å². The van der Waals surface area contributed by atoms with E-state index in [0.29, 0.717) is 6.54 Å². The van der Waals surface area contributed by atoms with Crippen molar-refractivity contribution in [3.63, 3.8) is 0 Å². The van der Waals surface area contributed by atoms with Crippen molar-refractivity contribution in [2.75, 3.05) is 18.0 Å². The largest absolute Gasteiger partial charge is 0.391 e. The number of halogens is 1. The third kappa shape index (κ3) is 2.35. The van der Waals surface area contributed by atoms with Gasteiger partial charge in [0.2, 0.25) is 5.28 Å². The molecule has 1 atom stereocenters. The Morgan fingerprint density at radius 2 is 2.05 bits per heavy atom. The number of thiophene rings is 1. The first-order valence-electron chi connectivity index (χ1n) is 7.15. The number of rotatable bonds is 2. The SMILES string of the molecule is OC1CCN(c2nc(Cl)nc3scc(-c4ccccc4)c23)C1. The number of aliphatic hydroxyl groups excluding tert-OH is 1. The Bertz CT molecular complexity index is 821. The van der Waals surface area contributed by atoms with Crippen molar-refractivity contribution in [1.29, 1.82) is 0 Å². The molecule has 3 aromatic rings. The molecule has 22 heavy (non-hydrogen) atoms. The van der Waals surface area contributed by atoms with E-state index in [1.54, 1.807) is 11.3 Å². The fourth-order valence-corrected chi connectivity index (χ4v) is 4.05. The third-order valence-corrected chi connectivity index (χ3v) is 4.98. The average Bonchev–Trinajstić information content (AvgIpc) is 3.13. The molecule has 1 fully saturated rings. The fraction of sp³-hybridized carbons (Fsp3) is 0.250. The summed E-state index contributed by atoms with van der Waals surface area (Å²) in [5.74, 6) is 0.826. The van der Waals surface area contributed by atoms with Gasteiger partial charge in [0.25, 0.3) is 0 Å². The van der Waals surface area contributed by atoms with Gasteiger partial charge in [-0.05, 0) is 23.6 Å². The number of β-amino-alcohol motifs (C(OH)–C–C–N with tert-alkyl or cyclic N) is 1. The highest BCUT2D eigenvalue weighted by molar-refractivity contribution is 7.17. The van der Waals surface area contributed by atoms with E-state index in [2.05, 4.69) is 32.4 Å². The first kappa shape index (κ1) is 13.9. The van der Waals surface area contributed by atoms with E-state index >= 15 is 0 Å². The lowest BCUT2D eigenvalue weighted by molar-refractivity contribution is 0.198. The Balaban J connectivity index is 1.93. The highest BCUT2D eigenvalue weighted by Gasteiger charge is 2.25. The Kier molecular flexibility index (Phi) is 3.48. The van der Waals surface area contributed by atoms with Crippen LogP contribution in [0.2, 0.25) is 5.28 Å². The summed E-state index contributed by atoms with van der Waals surface area (Å²) in [4.78, 5) is 11.8. The van der Waals surface area contributed by atoms with E-state index < -0.39 is 0 Å². The van der Waals surface area contributed by atoms with Crippen LogP contribution in [-0.2, 0) is 0 Å². The molecular formula is C16H14ClN3OS. The van der Waals surface area contributed by atoms with E-state index in [4.69, 9.17) is 11.6 Å². The van der Waals surface area contributed by atoms with Gasteiger partial charge in [0, 0.05) is 24.0 Å². The molecule has 3 heterocycles. The van der Waals surface area contributed by atoms with Crippen LogP contribution in [0.3, 0.4) is 0 Å². The number of aromatic nitrogens is 2.